The molecule has 0 fully saturated rings. The van der Waals surface area contributed by atoms with Crippen LogP contribution in [0, 0.1) is 0 Å². The van der Waals surface area contributed by atoms with E-state index in [1.165, 1.54) is 11.5 Å². The molecule has 4 nitrogen and oxygen atoms in total. The third-order valence-electron chi connectivity index (χ3n) is 1.98. The Morgan fingerprint density at radius 1 is 1.47 bits per heavy atom. The van der Waals surface area contributed by atoms with Crippen LogP contribution in [0.15, 0.2) is 0 Å². The van der Waals surface area contributed by atoms with Crippen molar-refractivity contribution in [3.8, 4) is 0 Å². The highest BCUT2D eigenvalue weighted by molar-refractivity contribution is 7.09. The maximum atomic E-state index is 5.35. The van der Waals surface area contributed by atoms with E-state index in [9.17, 15) is 0 Å². The third-order valence-corrected chi connectivity index (χ3v) is 2.64. The lowest BCUT2D eigenvalue weighted by Crippen LogP contribution is -2.10. The minimum atomic E-state index is 0.0361. The van der Waals surface area contributed by atoms with Crippen molar-refractivity contribution in [2.24, 2.45) is 0 Å². The van der Waals surface area contributed by atoms with Crippen molar-refractivity contribution < 1.29 is 4.74 Å². The van der Waals surface area contributed by atoms with Gasteiger partial charge in [-0.05, 0) is 20.3 Å². The molecule has 0 spiro atoms. The van der Waals surface area contributed by atoms with E-state index in [0.29, 0.717) is 6.04 Å². The molecular formula is C10H19N3OS. The number of hydrogen-bond donors (Lipinski definition) is 1. The molecule has 0 saturated carbocycles. The van der Waals surface area contributed by atoms with Crippen LogP contribution in [0.25, 0.3) is 0 Å². The van der Waals surface area contributed by atoms with E-state index >= 15 is 0 Å². The quantitative estimate of drug-likeness (QED) is 0.814. The molecule has 0 bridgehead atoms. The van der Waals surface area contributed by atoms with Crippen molar-refractivity contribution >= 4 is 16.7 Å². The van der Waals surface area contributed by atoms with Crippen LogP contribution in [0.3, 0.4) is 0 Å². The number of rotatable bonds is 6. The van der Waals surface area contributed by atoms with Crippen LogP contribution in [0.4, 0.5) is 5.13 Å². The molecule has 1 rings (SSSR count). The van der Waals surface area contributed by atoms with Gasteiger partial charge in [-0.1, -0.05) is 13.3 Å². The highest BCUT2D eigenvalue weighted by atomic mass is 32.1. The number of anilines is 1. The van der Waals surface area contributed by atoms with Crippen molar-refractivity contribution in [3.05, 3.63) is 5.82 Å². The third kappa shape index (κ3) is 3.76. The van der Waals surface area contributed by atoms with Gasteiger partial charge in [-0.2, -0.15) is 4.37 Å². The summed E-state index contributed by atoms with van der Waals surface area (Å²) in [5.41, 5.74) is 0. The lowest BCUT2D eigenvalue weighted by atomic mass is 10.2. The zero-order valence-corrected chi connectivity index (χ0v) is 10.6. The predicted molar refractivity (Wildman–Crippen MR) is 63.3 cm³/mol. The monoisotopic (exact) mass is 229 g/mol. The summed E-state index contributed by atoms with van der Waals surface area (Å²) >= 11 is 1.40. The van der Waals surface area contributed by atoms with Crippen molar-refractivity contribution in [1.29, 1.82) is 0 Å². The molecule has 1 N–H and O–H groups in total. The average Bonchev–Trinajstić information content (AvgIpc) is 2.61. The molecule has 1 aromatic rings. The molecule has 0 radical (unpaired) electrons. The van der Waals surface area contributed by atoms with Gasteiger partial charge in [0.2, 0.25) is 5.13 Å². The fourth-order valence-corrected chi connectivity index (χ4v) is 2.05. The Hall–Kier alpha value is -0.680. The minimum absolute atomic E-state index is 0.0361. The number of aromatic nitrogens is 2. The van der Waals surface area contributed by atoms with Crippen LogP contribution in [-0.4, -0.2) is 22.5 Å². The van der Waals surface area contributed by atoms with E-state index in [4.69, 9.17) is 4.74 Å². The second kappa shape index (κ2) is 6.02. The summed E-state index contributed by atoms with van der Waals surface area (Å²) in [5, 5.41) is 4.11. The Bertz CT molecular complexity index is 288. The average molecular weight is 229 g/mol. The largest absolute Gasteiger partial charge is 0.373 e. The van der Waals surface area contributed by atoms with Gasteiger partial charge in [-0.15, -0.1) is 0 Å². The molecule has 1 aromatic heterocycles. The summed E-state index contributed by atoms with van der Waals surface area (Å²) in [7, 11) is 1.71. The Morgan fingerprint density at radius 3 is 2.73 bits per heavy atom. The Kier molecular flexibility index (Phi) is 4.98. The number of nitrogens with one attached hydrogen (secondary N) is 1. The molecule has 1 heterocycles. The van der Waals surface area contributed by atoms with Crippen LogP contribution >= 0.6 is 11.5 Å². The van der Waals surface area contributed by atoms with Crippen molar-refractivity contribution in [3.63, 3.8) is 0 Å². The summed E-state index contributed by atoms with van der Waals surface area (Å²) in [6.07, 6.45) is 2.08. The van der Waals surface area contributed by atoms with Gasteiger partial charge in [-0.25, -0.2) is 4.98 Å². The second-order valence-corrected chi connectivity index (χ2v) is 4.52. The van der Waals surface area contributed by atoms with E-state index in [1.54, 1.807) is 7.11 Å². The first kappa shape index (κ1) is 12.4. The van der Waals surface area contributed by atoms with E-state index < -0.39 is 0 Å². The van der Waals surface area contributed by atoms with Crippen LogP contribution in [0.2, 0.25) is 0 Å². The first-order valence-corrected chi connectivity index (χ1v) is 6.07. The summed E-state index contributed by atoms with van der Waals surface area (Å²) in [4.78, 5) is 4.41. The first-order chi connectivity index (χ1) is 7.17. The van der Waals surface area contributed by atoms with Crippen molar-refractivity contribution in [2.75, 3.05) is 12.4 Å². The van der Waals surface area contributed by atoms with Gasteiger partial charge in [-0.3, -0.25) is 0 Å². The van der Waals surface area contributed by atoms with Gasteiger partial charge in [0.05, 0.1) is 0 Å². The van der Waals surface area contributed by atoms with E-state index in [-0.39, 0.29) is 6.10 Å². The normalized spacial score (nSPS) is 13.1. The molecule has 0 aliphatic carbocycles. The van der Waals surface area contributed by atoms with Crippen molar-refractivity contribution in [2.45, 2.75) is 45.8 Å². The zero-order valence-electron chi connectivity index (χ0n) is 9.78. The number of hydrogen-bond acceptors (Lipinski definition) is 5. The van der Waals surface area contributed by atoms with E-state index in [1.807, 2.05) is 0 Å². The Morgan fingerprint density at radius 2 is 2.20 bits per heavy atom. The summed E-state index contributed by atoms with van der Waals surface area (Å²) in [6.45, 7) is 6.30. The lowest BCUT2D eigenvalue weighted by molar-refractivity contribution is 0.0887. The molecule has 0 aliphatic heterocycles. The molecule has 1 atom stereocenters. The molecule has 0 aliphatic rings. The Labute approximate surface area is 95.2 Å². The predicted octanol–water partition coefficient (Wildman–Crippen LogP) is 2.85. The van der Waals surface area contributed by atoms with Crippen LogP contribution in [-0.2, 0) is 4.74 Å². The molecule has 0 aromatic carbocycles. The van der Waals surface area contributed by atoms with Gasteiger partial charge in [0.1, 0.15) is 6.10 Å². The molecule has 1 unspecified atom stereocenters. The SMILES string of the molecule is CCCC(OC)c1nsc(NC(C)C)n1. The Balaban J connectivity index is 2.64. The van der Waals surface area contributed by atoms with Gasteiger partial charge >= 0.3 is 0 Å². The summed E-state index contributed by atoms with van der Waals surface area (Å²) < 4.78 is 9.65. The molecule has 0 amide bonds. The smallest absolute Gasteiger partial charge is 0.202 e. The summed E-state index contributed by atoms with van der Waals surface area (Å²) in [6, 6.07) is 0.387. The van der Waals surface area contributed by atoms with Crippen molar-refractivity contribution in [1.82, 2.24) is 9.36 Å². The maximum Gasteiger partial charge on any atom is 0.202 e. The molecule has 5 heteroatoms. The van der Waals surface area contributed by atoms with Gasteiger partial charge < -0.3 is 10.1 Å². The fourth-order valence-electron chi connectivity index (χ4n) is 1.29. The lowest BCUT2D eigenvalue weighted by Gasteiger charge is -2.09. The highest BCUT2D eigenvalue weighted by Crippen LogP contribution is 2.23. The van der Waals surface area contributed by atoms with Crippen LogP contribution in [0.5, 0.6) is 0 Å². The fraction of sp³-hybridized carbons (Fsp3) is 0.800. The van der Waals surface area contributed by atoms with Crippen LogP contribution in [0.1, 0.15) is 45.5 Å². The van der Waals surface area contributed by atoms with Crippen LogP contribution < -0.4 is 5.32 Å². The number of methoxy groups -OCH3 is 1. The van der Waals surface area contributed by atoms with Gasteiger partial charge in [0.15, 0.2) is 5.82 Å². The minimum Gasteiger partial charge on any atom is -0.373 e. The van der Waals surface area contributed by atoms with E-state index in [2.05, 4.69) is 35.4 Å². The first-order valence-electron chi connectivity index (χ1n) is 5.30. The van der Waals surface area contributed by atoms with Gasteiger partial charge in [0, 0.05) is 24.7 Å². The zero-order chi connectivity index (χ0) is 11.3. The summed E-state index contributed by atoms with van der Waals surface area (Å²) in [5.74, 6) is 0.799. The topological polar surface area (TPSA) is 47.0 Å². The van der Waals surface area contributed by atoms with Gasteiger partial charge in [0.25, 0.3) is 0 Å². The van der Waals surface area contributed by atoms with E-state index in [0.717, 1.165) is 23.8 Å². The molecule has 86 valence electrons. The standard InChI is InChI=1S/C10H19N3OS/c1-5-6-8(14-4)9-12-10(15-13-9)11-7(2)3/h7-8H,5-6H2,1-4H3,(H,11,12,13). The maximum absolute atomic E-state index is 5.35. The highest BCUT2D eigenvalue weighted by Gasteiger charge is 2.15. The molecular weight excluding hydrogens is 210 g/mol. The number of nitrogens with zero attached hydrogens (tertiary/aromatic N) is 2. The second-order valence-electron chi connectivity index (χ2n) is 3.77. The molecule has 0 saturated heterocycles. The number of ether oxygens (including phenoxy) is 1. The molecule has 15 heavy (non-hydrogen) atoms.